The number of carbonyl (C=O) groups is 1. The summed E-state index contributed by atoms with van der Waals surface area (Å²) in [5, 5.41) is 2.94. The first-order valence-electron chi connectivity index (χ1n) is 9.38. The number of amides is 1. The van der Waals surface area contributed by atoms with E-state index in [-0.39, 0.29) is 5.91 Å². The molecule has 152 valence electrons. The van der Waals surface area contributed by atoms with Crippen molar-refractivity contribution in [3.63, 3.8) is 0 Å². The van der Waals surface area contributed by atoms with Gasteiger partial charge in [0.25, 0.3) is 0 Å². The molecule has 6 heteroatoms. The lowest BCUT2D eigenvalue weighted by Crippen LogP contribution is -2.12. The second-order valence-corrected chi connectivity index (χ2v) is 6.51. The molecule has 0 aliphatic rings. The number of methoxy groups -OCH3 is 2. The molecule has 0 unspecified atom stereocenters. The Balaban J connectivity index is 1.49. The van der Waals surface area contributed by atoms with Crippen molar-refractivity contribution in [3.05, 3.63) is 77.7 Å². The molecule has 1 aromatic heterocycles. The summed E-state index contributed by atoms with van der Waals surface area (Å²) in [5.74, 6) is 2.07. The van der Waals surface area contributed by atoms with Gasteiger partial charge in [-0.25, -0.2) is 0 Å². The topological polar surface area (TPSA) is 69.9 Å². The van der Waals surface area contributed by atoms with E-state index >= 15 is 0 Å². The van der Waals surface area contributed by atoms with E-state index in [0.717, 1.165) is 22.6 Å². The quantitative estimate of drug-likeness (QED) is 0.544. The monoisotopic (exact) mass is 395 g/mol. The van der Waals surface area contributed by atoms with E-state index < -0.39 is 0 Å². The number of hydrogen-bond acceptors (Lipinski definition) is 5. The molecule has 0 bridgehead atoms. The van der Waals surface area contributed by atoms with Gasteiger partial charge in [-0.15, -0.1) is 0 Å². The van der Waals surface area contributed by atoms with E-state index in [2.05, 4.69) is 5.32 Å². The summed E-state index contributed by atoms with van der Waals surface area (Å²) in [4.78, 5) is 12.3. The molecule has 29 heavy (non-hydrogen) atoms. The minimum Gasteiger partial charge on any atom is -0.493 e. The predicted octanol–water partition coefficient (Wildman–Crippen LogP) is 4.58. The molecule has 3 aromatic rings. The van der Waals surface area contributed by atoms with Gasteiger partial charge in [-0.05, 0) is 53.9 Å². The molecule has 0 spiro atoms. The van der Waals surface area contributed by atoms with Crippen LogP contribution in [0.3, 0.4) is 0 Å². The van der Waals surface area contributed by atoms with Gasteiger partial charge in [0.05, 0.1) is 27.1 Å². The summed E-state index contributed by atoms with van der Waals surface area (Å²) in [5.41, 5.74) is 2.74. The molecule has 0 saturated heterocycles. The van der Waals surface area contributed by atoms with Crippen LogP contribution in [-0.4, -0.2) is 20.1 Å². The van der Waals surface area contributed by atoms with Crippen LogP contribution < -0.4 is 14.8 Å². The van der Waals surface area contributed by atoms with Crippen LogP contribution in [0.1, 0.15) is 23.3 Å². The highest BCUT2D eigenvalue weighted by Crippen LogP contribution is 2.28. The van der Waals surface area contributed by atoms with E-state index in [0.29, 0.717) is 37.6 Å². The van der Waals surface area contributed by atoms with Crippen LogP contribution in [0.5, 0.6) is 11.5 Å². The second-order valence-electron chi connectivity index (χ2n) is 6.51. The second kappa shape index (κ2) is 10.3. The fourth-order valence-electron chi connectivity index (χ4n) is 2.92. The van der Waals surface area contributed by atoms with Crippen LogP contribution in [0, 0.1) is 0 Å². The zero-order valence-corrected chi connectivity index (χ0v) is 16.6. The molecular weight excluding hydrogens is 370 g/mol. The third-order valence-corrected chi connectivity index (χ3v) is 4.39. The lowest BCUT2D eigenvalue weighted by molar-refractivity contribution is -0.116. The van der Waals surface area contributed by atoms with E-state index in [1.165, 1.54) is 0 Å². The van der Waals surface area contributed by atoms with Crippen molar-refractivity contribution in [2.75, 3.05) is 19.5 Å². The molecule has 0 aliphatic carbocycles. The Morgan fingerprint density at radius 3 is 2.55 bits per heavy atom. The Labute approximate surface area is 170 Å². The Bertz CT molecular complexity index is 921. The van der Waals surface area contributed by atoms with E-state index in [4.69, 9.17) is 18.6 Å². The SMILES string of the molecule is COc1ccc(CCC(=O)Nc2cccc(COCc3ccco3)c2)cc1OC. The number of nitrogens with one attached hydrogen (secondary N) is 1. The summed E-state index contributed by atoms with van der Waals surface area (Å²) in [6, 6.07) is 17.0. The van der Waals surface area contributed by atoms with E-state index in [9.17, 15) is 4.79 Å². The number of anilines is 1. The van der Waals surface area contributed by atoms with Crippen LogP contribution in [0.4, 0.5) is 5.69 Å². The Morgan fingerprint density at radius 2 is 1.79 bits per heavy atom. The van der Waals surface area contributed by atoms with Crippen LogP contribution >= 0.6 is 0 Å². The average Bonchev–Trinajstić information content (AvgIpc) is 3.26. The lowest BCUT2D eigenvalue weighted by atomic mass is 10.1. The fraction of sp³-hybridized carbons (Fsp3) is 0.261. The summed E-state index contributed by atoms with van der Waals surface area (Å²) in [7, 11) is 3.20. The van der Waals surface area contributed by atoms with Gasteiger partial charge >= 0.3 is 0 Å². The Morgan fingerprint density at radius 1 is 0.931 bits per heavy atom. The van der Waals surface area contributed by atoms with Crippen molar-refractivity contribution >= 4 is 11.6 Å². The number of hydrogen-bond donors (Lipinski definition) is 1. The Hall–Kier alpha value is -3.25. The van der Waals surface area contributed by atoms with Crippen molar-refractivity contribution < 1.29 is 23.4 Å². The van der Waals surface area contributed by atoms with Crippen LogP contribution in [-0.2, 0) is 29.2 Å². The molecule has 1 N–H and O–H groups in total. The molecule has 1 amide bonds. The maximum absolute atomic E-state index is 12.3. The number of furan rings is 1. The highest BCUT2D eigenvalue weighted by atomic mass is 16.5. The van der Waals surface area contributed by atoms with Gasteiger partial charge < -0.3 is 23.9 Å². The standard InChI is InChI=1S/C23H25NO5/c1-26-21-10-8-17(14-22(21)27-2)9-11-23(25)24-19-6-3-5-18(13-19)15-28-16-20-7-4-12-29-20/h3-8,10,12-14H,9,11,15-16H2,1-2H3,(H,24,25). The fourth-order valence-corrected chi connectivity index (χ4v) is 2.92. The smallest absolute Gasteiger partial charge is 0.224 e. The van der Waals surface area contributed by atoms with Crippen molar-refractivity contribution in [3.8, 4) is 11.5 Å². The van der Waals surface area contributed by atoms with Gasteiger partial charge in [0.2, 0.25) is 5.91 Å². The molecule has 0 fully saturated rings. The highest BCUT2D eigenvalue weighted by Gasteiger charge is 2.08. The summed E-state index contributed by atoms with van der Waals surface area (Å²) < 4.78 is 21.4. The first kappa shape index (κ1) is 20.5. The van der Waals surface area contributed by atoms with Crippen molar-refractivity contribution in [2.45, 2.75) is 26.1 Å². The van der Waals surface area contributed by atoms with Gasteiger partial charge in [-0.2, -0.15) is 0 Å². The summed E-state index contributed by atoms with van der Waals surface area (Å²) in [6.45, 7) is 0.852. The van der Waals surface area contributed by atoms with Gasteiger partial charge in [0, 0.05) is 12.1 Å². The highest BCUT2D eigenvalue weighted by molar-refractivity contribution is 5.90. The molecule has 3 rings (SSSR count). The first-order valence-corrected chi connectivity index (χ1v) is 9.38. The number of carbonyl (C=O) groups excluding carboxylic acids is 1. The Kier molecular flexibility index (Phi) is 7.30. The number of rotatable bonds is 10. The van der Waals surface area contributed by atoms with Gasteiger partial charge in [-0.3, -0.25) is 4.79 Å². The van der Waals surface area contributed by atoms with Crippen molar-refractivity contribution in [1.82, 2.24) is 0 Å². The third-order valence-electron chi connectivity index (χ3n) is 4.39. The van der Waals surface area contributed by atoms with Gasteiger partial charge in [-0.1, -0.05) is 18.2 Å². The minimum absolute atomic E-state index is 0.0477. The summed E-state index contributed by atoms with van der Waals surface area (Å²) >= 11 is 0. The lowest BCUT2D eigenvalue weighted by Gasteiger charge is -2.10. The number of ether oxygens (including phenoxy) is 3. The molecule has 0 saturated carbocycles. The minimum atomic E-state index is -0.0477. The van der Waals surface area contributed by atoms with E-state index in [1.807, 2.05) is 54.6 Å². The number of aryl methyl sites for hydroxylation is 1. The molecule has 0 aliphatic heterocycles. The normalized spacial score (nSPS) is 10.6. The van der Waals surface area contributed by atoms with Gasteiger partial charge in [0.15, 0.2) is 11.5 Å². The van der Waals surface area contributed by atoms with Crippen molar-refractivity contribution in [2.24, 2.45) is 0 Å². The van der Waals surface area contributed by atoms with Crippen LogP contribution in [0.15, 0.2) is 65.3 Å². The first-order chi connectivity index (χ1) is 14.2. The predicted molar refractivity (Wildman–Crippen MR) is 110 cm³/mol. The maximum atomic E-state index is 12.3. The zero-order valence-electron chi connectivity index (χ0n) is 16.6. The average molecular weight is 395 g/mol. The molecule has 2 aromatic carbocycles. The molecule has 1 heterocycles. The summed E-state index contributed by atoms with van der Waals surface area (Å²) in [6.07, 6.45) is 2.60. The number of benzene rings is 2. The van der Waals surface area contributed by atoms with Gasteiger partial charge in [0.1, 0.15) is 12.4 Å². The molecular formula is C23H25NO5. The van der Waals surface area contributed by atoms with E-state index in [1.54, 1.807) is 20.5 Å². The zero-order chi connectivity index (χ0) is 20.5. The molecule has 0 radical (unpaired) electrons. The molecule has 0 atom stereocenters. The third kappa shape index (κ3) is 6.12. The maximum Gasteiger partial charge on any atom is 0.224 e. The van der Waals surface area contributed by atoms with Crippen molar-refractivity contribution in [1.29, 1.82) is 0 Å². The van der Waals surface area contributed by atoms with Crippen LogP contribution in [0.2, 0.25) is 0 Å². The largest absolute Gasteiger partial charge is 0.493 e. The molecule has 6 nitrogen and oxygen atoms in total. The van der Waals surface area contributed by atoms with Crippen LogP contribution in [0.25, 0.3) is 0 Å².